The van der Waals surface area contributed by atoms with E-state index in [2.05, 4.69) is 35.1 Å². The molecule has 1 amide bonds. The number of aromatic nitrogens is 5. The summed E-state index contributed by atoms with van der Waals surface area (Å²) < 4.78 is 0. The van der Waals surface area contributed by atoms with E-state index >= 15 is 0 Å². The smallest absolute Gasteiger partial charge is 0.368 e. The summed E-state index contributed by atoms with van der Waals surface area (Å²) >= 11 is 1.42. The molecule has 3 N–H and O–H groups in total. The SMILES string of the molecule is Nc1nc(N2CCN(OC(=O)Nc3ccc4nccnc4c3)CC2)c2ncsc2n1. The van der Waals surface area contributed by atoms with E-state index < -0.39 is 6.09 Å². The summed E-state index contributed by atoms with van der Waals surface area (Å²) in [4.78, 5) is 41.9. The van der Waals surface area contributed by atoms with Crippen LogP contribution in [0.25, 0.3) is 21.4 Å². The molecule has 1 aliphatic rings. The largest absolute Gasteiger partial charge is 0.430 e. The number of nitrogens with zero attached hydrogens (tertiary/aromatic N) is 7. The van der Waals surface area contributed by atoms with E-state index in [0.717, 1.165) is 15.9 Å². The van der Waals surface area contributed by atoms with Gasteiger partial charge in [-0.15, -0.1) is 16.4 Å². The normalized spacial score (nSPS) is 14.9. The minimum atomic E-state index is -0.556. The van der Waals surface area contributed by atoms with Crippen molar-refractivity contribution in [3.63, 3.8) is 0 Å². The lowest BCUT2D eigenvalue weighted by molar-refractivity contribution is -0.0966. The van der Waals surface area contributed by atoms with Gasteiger partial charge in [0.05, 0.1) is 29.6 Å². The number of carbonyl (C=O) groups is 1. The average molecular weight is 423 g/mol. The fourth-order valence-corrected chi connectivity index (χ4v) is 3.93. The van der Waals surface area contributed by atoms with Crippen molar-refractivity contribution in [1.82, 2.24) is 30.0 Å². The van der Waals surface area contributed by atoms with E-state index in [1.165, 1.54) is 11.3 Å². The maximum absolute atomic E-state index is 12.3. The van der Waals surface area contributed by atoms with Crippen LogP contribution in [0.5, 0.6) is 0 Å². The van der Waals surface area contributed by atoms with Gasteiger partial charge in [-0.2, -0.15) is 4.98 Å². The molecule has 0 saturated carbocycles. The Morgan fingerprint density at radius 3 is 2.70 bits per heavy atom. The number of nitrogens with one attached hydrogen (secondary N) is 1. The predicted molar refractivity (Wildman–Crippen MR) is 113 cm³/mol. The van der Waals surface area contributed by atoms with Crippen LogP contribution in [-0.4, -0.2) is 62.3 Å². The van der Waals surface area contributed by atoms with Gasteiger partial charge in [-0.25, -0.2) is 14.8 Å². The van der Waals surface area contributed by atoms with Crippen molar-refractivity contribution in [2.75, 3.05) is 42.1 Å². The number of rotatable bonds is 3. The summed E-state index contributed by atoms with van der Waals surface area (Å²) in [7, 11) is 0. The zero-order chi connectivity index (χ0) is 20.5. The molecule has 152 valence electrons. The van der Waals surface area contributed by atoms with Crippen LogP contribution in [0.4, 0.5) is 22.2 Å². The number of carbonyl (C=O) groups excluding carboxylic acids is 1. The fourth-order valence-electron chi connectivity index (χ4n) is 3.27. The molecular formula is C18H17N9O2S. The van der Waals surface area contributed by atoms with Crippen LogP contribution < -0.4 is 16.0 Å². The highest BCUT2D eigenvalue weighted by Gasteiger charge is 2.24. The van der Waals surface area contributed by atoms with E-state index in [9.17, 15) is 4.79 Å². The molecule has 5 rings (SSSR count). The predicted octanol–water partition coefficient (Wildman–Crippen LogP) is 1.90. The van der Waals surface area contributed by atoms with Crippen LogP contribution in [0.1, 0.15) is 0 Å². The second-order valence-corrected chi connectivity index (χ2v) is 7.42. The Morgan fingerprint density at radius 1 is 1.07 bits per heavy atom. The van der Waals surface area contributed by atoms with Crippen molar-refractivity contribution in [2.24, 2.45) is 0 Å². The Morgan fingerprint density at radius 2 is 1.87 bits per heavy atom. The molecule has 1 aromatic carbocycles. The Balaban J connectivity index is 1.20. The third-order valence-corrected chi connectivity index (χ3v) is 5.38. The van der Waals surface area contributed by atoms with Gasteiger partial charge in [-0.05, 0) is 18.2 Å². The average Bonchev–Trinajstić information content (AvgIpc) is 3.22. The van der Waals surface area contributed by atoms with Gasteiger partial charge in [0.1, 0.15) is 5.52 Å². The van der Waals surface area contributed by atoms with Crippen molar-refractivity contribution in [3.05, 3.63) is 36.1 Å². The first-order valence-electron chi connectivity index (χ1n) is 9.22. The van der Waals surface area contributed by atoms with Crippen molar-refractivity contribution in [3.8, 4) is 0 Å². The summed E-state index contributed by atoms with van der Waals surface area (Å²) in [5.74, 6) is 0.931. The topological polar surface area (TPSA) is 135 Å². The quantitative estimate of drug-likeness (QED) is 0.503. The minimum absolute atomic E-state index is 0.222. The molecule has 1 aliphatic heterocycles. The van der Waals surface area contributed by atoms with Crippen LogP contribution in [0.2, 0.25) is 0 Å². The van der Waals surface area contributed by atoms with Crippen molar-refractivity contribution >= 4 is 56.3 Å². The lowest BCUT2D eigenvalue weighted by Gasteiger charge is -2.33. The number of thiazole rings is 1. The van der Waals surface area contributed by atoms with E-state index in [1.807, 2.05) is 0 Å². The first-order chi connectivity index (χ1) is 14.7. The van der Waals surface area contributed by atoms with Crippen molar-refractivity contribution in [1.29, 1.82) is 0 Å². The third kappa shape index (κ3) is 3.65. The monoisotopic (exact) mass is 423 g/mol. The molecule has 1 fully saturated rings. The van der Waals surface area contributed by atoms with Gasteiger partial charge in [0, 0.05) is 31.2 Å². The van der Waals surface area contributed by atoms with Crippen molar-refractivity contribution < 1.29 is 9.63 Å². The Hall–Kier alpha value is -3.64. The number of hydroxylamine groups is 2. The highest BCUT2D eigenvalue weighted by atomic mass is 32.1. The number of fused-ring (bicyclic) bond motifs is 2. The van der Waals surface area contributed by atoms with Gasteiger partial charge >= 0.3 is 6.09 Å². The summed E-state index contributed by atoms with van der Waals surface area (Å²) in [5.41, 5.74) is 10.3. The molecule has 1 saturated heterocycles. The maximum atomic E-state index is 12.3. The number of anilines is 3. The first kappa shape index (κ1) is 18.4. The second-order valence-electron chi connectivity index (χ2n) is 6.59. The molecule has 0 aliphatic carbocycles. The number of nitrogen functional groups attached to an aromatic ring is 1. The molecule has 3 aromatic heterocycles. The zero-order valence-electron chi connectivity index (χ0n) is 15.7. The number of hydrogen-bond donors (Lipinski definition) is 2. The molecule has 4 heterocycles. The summed E-state index contributed by atoms with van der Waals surface area (Å²) in [6, 6.07) is 5.30. The number of benzene rings is 1. The van der Waals surface area contributed by atoms with Gasteiger partial charge in [0.25, 0.3) is 0 Å². The van der Waals surface area contributed by atoms with Crippen LogP contribution in [-0.2, 0) is 4.84 Å². The van der Waals surface area contributed by atoms with Gasteiger partial charge in [-0.3, -0.25) is 15.3 Å². The van der Waals surface area contributed by atoms with E-state index in [0.29, 0.717) is 43.2 Å². The summed E-state index contributed by atoms with van der Waals surface area (Å²) in [6.45, 7) is 2.27. The molecule has 30 heavy (non-hydrogen) atoms. The van der Waals surface area contributed by atoms with Gasteiger partial charge in [0.2, 0.25) is 5.95 Å². The molecule has 0 unspecified atom stereocenters. The van der Waals surface area contributed by atoms with Gasteiger partial charge in [0.15, 0.2) is 10.6 Å². The number of nitrogens with two attached hydrogens (primary N) is 1. The minimum Gasteiger partial charge on any atom is -0.368 e. The van der Waals surface area contributed by atoms with Crippen LogP contribution in [0.3, 0.4) is 0 Å². The van der Waals surface area contributed by atoms with E-state index in [1.54, 1.807) is 41.2 Å². The standard InChI is InChI=1S/C18H17N9O2S/c19-17-24-15(14-16(25-17)30-10-22-14)26-5-7-27(8-6-26)29-18(28)23-11-1-2-12-13(9-11)21-4-3-20-12/h1-4,9-10H,5-8H2,(H,23,28)(H2,19,24,25). The van der Waals surface area contributed by atoms with Crippen molar-refractivity contribution in [2.45, 2.75) is 0 Å². The lowest BCUT2D eigenvalue weighted by Crippen LogP contribution is -2.47. The lowest BCUT2D eigenvalue weighted by atomic mass is 10.2. The van der Waals surface area contributed by atoms with E-state index in [4.69, 9.17) is 10.6 Å². The molecule has 4 aromatic rings. The molecule has 0 spiro atoms. The van der Waals surface area contributed by atoms with Gasteiger partial charge < -0.3 is 15.5 Å². The molecule has 0 radical (unpaired) electrons. The molecular weight excluding hydrogens is 406 g/mol. The molecule has 0 atom stereocenters. The van der Waals surface area contributed by atoms with Crippen LogP contribution >= 0.6 is 11.3 Å². The zero-order valence-corrected chi connectivity index (χ0v) is 16.5. The first-order valence-corrected chi connectivity index (χ1v) is 10.1. The second kappa shape index (κ2) is 7.65. The highest BCUT2D eigenvalue weighted by molar-refractivity contribution is 7.16. The molecule has 11 nitrogen and oxygen atoms in total. The van der Waals surface area contributed by atoms with Crippen LogP contribution in [0.15, 0.2) is 36.1 Å². The Bertz CT molecular complexity index is 1220. The Kier molecular flexibility index (Phi) is 4.69. The Labute approximate surface area is 174 Å². The number of piperazine rings is 1. The molecule has 12 heteroatoms. The fraction of sp³-hybridized carbons (Fsp3) is 0.222. The number of amides is 1. The highest BCUT2D eigenvalue weighted by Crippen LogP contribution is 2.26. The van der Waals surface area contributed by atoms with E-state index in [-0.39, 0.29) is 5.95 Å². The molecule has 0 bridgehead atoms. The summed E-state index contributed by atoms with van der Waals surface area (Å²) in [5, 5.41) is 4.34. The third-order valence-electron chi connectivity index (χ3n) is 4.66. The summed E-state index contributed by atoms with van der Waals surface area (Å²) in [6.07, 6.45) is 2.67. The van der Waals surface area contributed by atoms with Gasteiger partial charge in [-0.1, -0.05) is 0 Å². The van der Waals surface area contributed by atoms with Crippen LogP contribution in [0, 0.1) is 0 Å². The number of hydrogen-bond acceptors (Lipinski definition) is 11. The maximum Gasteiger partial charge on any atom is 0.430 e.